The van der Waals surface area contributed by atoms with Crippen molar-refractivity contribution in [2.75, 3.05) is 5.75 Å². The van der Waals surface area contributed by atoms with Gasteiger partial charge in [0.15, 0.2) is 0 Å². The van der Waals surface area contributed by atoms with E-state index < -0.39 is 0 Å². The number of nitrogens with zero attached hydrogens (tertiary/aromatic N) is 1. The summed E-state index contributed by atoms with van der Waals surface area (Å²) in [7, 11) is 0. The topological polar surface area (TPSA) is 4.93 Å². The van der Waals surface area contributed by atoms with Crippen LogP contribution in [0.3, 0.4) is 0 Å². The normalized spacial score (nSPS) is 11.6. The summed E-state index contributed by atoms with van der Waals surface area (Å²) in [6.07, 6.45) is 0. The van der Waals surface area contributed by atoms with Crippen LogP contribution in [-0.4, -0.2) is 10.3 Å². The first-order chi connectivity index (χ1) is 8.13. The molecule has 0 N–H and O–H groups in total. The van der Waals surface area contributed by atoms with E-state index in [9.17, 15) is 4.39 Å². The second-order valence-corrected chi connectivity index (χ2v) is 5.71. The van der Waals surface area contributed by atoms with Gasteiger partial charge in [0.2, 0.25) is 0 Å². The Labute approximate surface area is 106 Å². The number of halogens is 1. The van der Waals surface area contributed by atoms with E-state index in [1.54, 1.807) is 6.07 Å². The van der Waals surface area contributed by atoms with Crippen molar-refractivity contribution >= 4 is 22.7 Å². The Kier molecular flexibility index (Phi) is 3.77. The quantitative estimate of drug-likeness (QED) is 0.768. The van der Waals surface area contributed by atoms with E-state index in [4.69, 9.17) is 0 Å². The lowest BCUT2D eigenvalue weighted by atomic mass is 10.2. The Balaban J connectivity index is 2.54. The molecule has 0 aliphatic heterocycles. The van der Waals surface area contributed by atoms with Gasteiger partial charge in [-0.2, -0.15) is 11.8 Å². The van der Waals surface area contributed by atoms with E-state index in [1.165, 1.54) is 11.8 Å². The fourth-order valence-electron chi connectivity index (χ4n) is 2.18. The van der Waals surface area contributed by atoms with Gasteiger partial charge in [-0.3, -0.25) is 0 Å². The van der Waals surface area contributed by atoms with E-state index in [1.807, 2.05) is 17.8 Å². The van der Waals surface area contributed by atoms with Gasteiger partial charge in [-0.15, -0.1) is 0 Å². The van der Waals surface area contributed by atoms with Crippen LogP contribution in [0.1, 0.15) is 32.5 Å². The van der Waals surface area contributed by atoms with Gasteiger partial charge in [-0.25, -0.2) is 4.39 Å². The minimum atomic E-state index is -0.160. The summed E-state index contributed by atoms with van der Waals surface area (Å²) in [5, 5.41) is 1.13. The van der Waals surface area contributed by atoms with Gasteiger partial charge in [0.25, 0.3) is 0 Å². The molecule has 1 aromatic carbocycles. The molecule has 17 heavy (non-hydrogen) atoms. The molecule has 2 aromatic rings. The molecule has 0 radical (unpaired) electrons. The highest BCUT2D eigenvalue weighted by Crippen LogP contribution is 2.27. The van der Waals surface area contributed by atoms with Gasteiger partial charge < -0.3 is 4.57 Å². The third kappa shape index (κ3) is 2.49. The molecule has 0 bridgehead atoms. The monoisotopic (exact) mass is 251 g/mol. The molecule has 0 saturated carbocycles. The maximum absolute atomic E-state index is 13.3. The molecule has 0 fully saturated rings. The molecule has 3 heteroatoms. The van der Waals surface area contributed by atoms with Crippen molar-refractivity contribution in [2.45, 2.75) is 32.6 Å². The molecular weight excluding hydrogens is 233 g/mol. The molecule has 0 aliphatic rings. The van der Waals surface area contributed by atoms with Crippen LogP contribution in [0.25, 0.3) is 10.9 Å². The Bertz CT molecular complexity index is 516. The first kappa shape index (κ1) is 12.5. The SMILES string of the molecule is CCSCc1cc2ccc(F)cc2n1C(C)C. The summed E-state index contributed by atoms with van der Waals surface area (Å²) in [6, 6.07) is 7.57. The molecule has 0 amide bonds. The van der Waals surface area contributed by atoms with Gasteiger partial charge in [0.05, 0.1) is 5.52 Å². The second-order valence-electron chi connectivity index (χ2n) is 4.44. The Hall–Kier alpha value is -0.960. The van der Waals surface area contributed by atoms with Gasteiger partial charge in [0.1, 0.15) is 5.82 Å². The maximum atomic E-state index is 13.3. The lowest BCUT2D eigenvalue weighted by Gasteiger charge is -2.14. The third-order valence-corrected chi connectivity index (χ3v) is 3.76. The molecule has 0 unspecified atom stereocenters. The molecule has 1 aromatic heterocycles. The zero-order valence-corrected chi connectivity index (χ0v) is 11.4. The van der Waals surface area contributed by atoms with Gasteiger partial charge in [-0.05, 0) is 43.9 Å². The standard InChI is InChI=1S/C14H18FNS/c1-4-17-9-13-7-11-5-6-12(15)8-14(11)16(13)10(2)3/h5-8,10H,4,9H2,1-3H3. The first-order valence-electron chi connectivity index (χ1n) is 6.00. The minimum absolute atomic E-state index is 0.160. The summed E-state index contributed by atoms with van der Waals surface area (Å²) in [5.74, 6) is 1.94. The zero-order valence-electron chi connectivity index (χ0n) is 10.5. The van der Waals surface area contributed by atoms with Crippen molar-refractivity contribution < 1.29 is 4.39 Å². The smallest absolute Gasteiger partial charge is 0.125 e. The molecule has 2 rings (SSSR count). The Morgan fingerprint density at radius 3 is 2.71 bits per heavy atom. The average molecular weight is 251 g/mol. The molecule has 0 atom stereocenters. The van der Waals surface area contributed by atoms with Gasteiger partial charge >= 0.3 is 0 Å². The molecule has 92 valence electrons. The zero-order chi connectivity index (χ0) is 12.4. The number of benzene rings is 1. The van der Waals surface area contributed by atoms with Crippen LogP contribution in [0.4, 0.5) is 4.39 Å². The van der Waals surface area contributed by atoms with Crippen molar-refractivity contribution in [3.05, 3.63) is 35.8 Å². The van der Waals surface area contributed by atoms with Crippen molar-refractivity contribution in [1.82, 2.24) is 4.57 Å². The highest BCUT2D eigenvalue weighted by Gasteiger charge is 2.11. The fraction of sp³-hybridized carbons (Fsp3) is 0.429. The van der Waals surface area contributed by atoms with E-state index in [-0.39, 0.29) is 5.82 Å². The predicted molar refractivity (Wildman–Crippen MR) is 74.1 cm³/mol. The third-order valence-electron chi connectivity index (χ3n) is 2.85. The van der Waals surface area contributed by atoms with Crippen LogP contribution >= 0.6 is 11.8 Å². The predicted octanol–water partition coefficient (Wildman–Crippen LogP) is 4.61. The number of fused-ring (bicyclic) bond motifs is 1. The number of rotatable bonds is 4. The van der Waals surface area contributed by atoms with Crippen molar-refractivity contribution in [3.63, 3.8) is 0 Å². The first-order valence-corrected chi connectivity index (χ1v) is 7.16. The second kappa shape index (κ2) is 5.13. The summed E-state index contributed by atoms with van der Waals surface area (Å²) in [4.78, 5) is 0. The van der Waals surface area contributed by atoms with E-state index >= 15 is 0 Å². The van der Waals surface area contributed by atoms with Crippen LogP contribution in [0.2, 0.25) is 0 Å². The van der Waals surface area contributed by atoms with Crippen LogP contribution < -0.4 is 0 Å². The summed E-state index contributed by atoms with van der Waals surface area (Å²) < 4.78 is 15.6. The fourth-order valence-corrected chi connectivity index (χ4v) is 2.81. The van der Waals surface area contributed by atoms with Crippen LogP contribution in [0.5, 0.6) is 0 Å². The number of hydrogen-bond donors (Lipinski definition) is 0. The summed E-state index contributed by atoms with van der Waals surface area (Å²) >= 11 is 1.90. The Morgan fingerprint density at radius 1 is 1.29 bits per heavy atom. The van der Waals surface area contributed by atoms with E-state index in [2.05, 4.69) is 31.4 Å². The maximum Gasteiger partial charge on any atom is 0.125 e. The van der Waals surface area contributed by atoms with Crippen LogP contribution in [0.15, 0.2) is 24.3 Å². The van der Waals surface area contributed by atoms with Crippen molar-refractivity contribution in [3.8, 4) is 0 Å². The molecule has 1 nitrogen and oxygen atoms in total. The molecule has 0 spiro atoms. The van der Waals surface area contributed by atoms with Crippen molar-refractivity contribution in [1.29, 1.82) is 0 Å². The molecule has 1 heterocycles. The summed E-state index contributed by atoms with van der Waals surface area (Å²) in [6.45, 7) is 6.45. The highest BCUT2D eigenvalue weighted by molar-refractivity contribution is 7.98. The minimum Gasteiger partial charge on any atom is -0.341 e. The van der Waals surface area contributed by atoms with E-state index in [0.717, 1.165) is 22.4 Å². The lowest BCUT2D eigenvalue weighted by Crippen LogP contribution is -2.04. The molecular formula is C14H18FNS. The van der Waals surface area contributed by atoms with E-state index in [0.29, 0.717) is 6.04 Å². The number of thioether (sulfide) groups is 1. The van der Waals surface area contributed by atoms with Gasteiger partial charge in [0, 0.05) is 22.9 Å². The van der Waals surface area contributed by atoms with Crippen LogP contribution in [0, 0.1) is 5.82 Å². The summed E-state index contributed by atoms with van der Waals surface area (Å²) in [5.41, 5.74) is 2.29. The Morgan fingerprint density at radius 2 is 2.06 bits per heavy atom. The largest absolute Gasteiger partial charge is 0.341 e. The average Bonchev–Trinajstić information content (AvgIpc) is 2.63. The highest BCUT2D eigenvalue weighted by atomic mass is 32.2. The van der Waals surface area contributed by atoms with Crippen molar-refractivity contribution in [2.24, 2.45) is 0 Å². The number of aromatic nitrogens is 1. The lowest BCUT2D eigenvalue weighted by molar-refractivity contribution is 0.599. The molecule has 0 saturated heterocycles. The number of hydrogen-bond acceptors (Lipinski definition) is 1. The van der Waals surface area contributed by atoms with Crippen LogP contribution in [-0.2, 0) is 5.75 Å². The van der Waals surface area contributed by atoms with Gasteiger partial charge in [-0.1, -0.05) is 6.92 Å². The molecule has 0 aliphatic carbocycles.